The zero-order valence-corrected chi connectivity index (χ0v) is 9.16. The lowest BCUT2D eigenvalue weighted by molar-refractivity contribution is -0.139. The topological polar surface area (TPSA) is 55.1 Å². The minimum Gasteiger partial charge on any atom is -0.481 e. The van der Waals surface area contributed by atoms with Crippen molar-refractivity contribution >= 4 is 5.97 Å². The van der Waals surface area contributed by atoms with Crippen LogP contribution in [0.15, 0.2) is 0 Å². The molecule has 2 rings (SSSR count). The molecule has 1 aromatic rings. The van der Waals surface area contributed by atoms with Gasteiger partial charge >= 0.3 is 5.97 Å². The summed E-state index contributed by atoms with van der Waals surface area (Å²) in [4.78, 5) is 11.2. The molecular weight excluding hydrogens is 192 g/mol. The average molecular weight is 208 g/mol. The molecule has 0 saturated heterocycles. The van der Waals surface area contributed by atoms with Gasteiger partial charge in [-0.1, -0.05) is 6.92 Å². The minimum atomic E-state index is -0.710. The summed E-state index contributed by atoms with van der Waals surface area (Å²) in [5.41, 5.74) is 3.06. The Labute approximate surface area is 88.9 Å². The van der Waals surface area contributed by atoms with Gasteiger partial charge in [0.15, 0.2) is 0 Å². The van der Waals surface area contributed by atoms with E-state index in [2.05, 4.69) is 5.10 Å². The highest BCUT2D eigenvalue weighted by molar-refractivity contribution is 5.77. The van der Waals surface area contributed by atoms with Gasteiger partial charge in [0, 0.05) is 18.3 Å². The van der Waals surface area contributed by atoms with Gasteiger partial charge in [-0.05, 0) is 25.7 Å². The second-order valence-electron chi connectivity index (χ2n) is 4.07. The Morgan fingerprint density at radius 2 is 2.40 bits per heavy atom. The lowest BCUT2D eigenvalue weighted by Crippen LogP contribution is -2.19. The maximum Gasteiger partial charge on any atom is 0.311 e. The van der Waals surface area contributed by atoms with E-state index in [0.717, 1.165) is 42.6 Å². The fraction of sp³-hybridized carbons (Fsp3) is 0.636. The summed E-state index contributed by atoms with van der Waals surface area (Å²) >= 11 is 0. The largest absolute Gasteiger partial charge is 0.481 e. The lowest BCUT2D eigenvalue weighted by atomic mass is 9.85. The number of carboxylic acid groups (broad SMARTS) is 1. The average Bonchev–Trinajstić information content (AvgIpc) is 2.55. The Kier molecular flexibility index (Phi) is 2.50. The van der Waals surface area contributed by atoms with Crippen LogP contribution in [-0.4, -0.2) is 20.9 Å². The predicted octanol–water partition coefficient (Wildman–Crippen LogP) is 1.49. The van der Waals surface area contributed by atoms with E-state index in [1.165, 1.54) is 0 Å². The van der Waals surface area contributed by atoms with Crippen LogP contribution in [0.5, 0.6) is 0 Å². The molecule has 1 aromatic heterocycles. The van der Waals surface area contributed by atoms with Crippen LogP contribution in [0.3, 0.4) is 0 Å². The van der Waals surface area contributed by atoms with Gasteiger partial charge in [0.2, 0.25) is 0 Å². The van der Waals surface area contributed by atoms with Gasteiger partial charge in [0.25, 0.3) is 0 Å². The van der Waals surface area contributed by atoms with E-state index in [-0.39, 0.29) is 5.92 Å². The van der Waals surface area contributed by atoms with Crippen molar-refractivity contribution in [1.29, 1.82) is 0 Å². The second-order valence-corrected chi connectivity index (χ2v) is 4.07. The van der Waals surface area contributed by atoms with Crippen LogP contribution >= 0.6 is 0 Å². The zero-order valence-electron chi connectivity index (χ0n) is 9.16. The molecular formula is C11H16N2O2. The molecule has 0 spiro atoms. The van der Waals surface area contributed by atoms with Crippen LogP contribution in [-0.2, 0) is 24.7 Å². The van der Waals surface area contributed by atoms with Crippen LogP contribution in [0.1, 0.15) is 42.6 Å². The minimum absolute atomic E-state index is 0.336. The van der Waals surface area contributed by atoms with Gasteiger partial charge in [-0.25, -0.2) is 0 Å². The van der Waals surface area contributed by atoms with Gasteiger partial charge in [-0.15, -0.1) is 0 Å². The van der Waals surface area contributed by atoms with Crippen molar-refractivity contribution in [2.24, 2.45) is 7.05 Å². The SMILES string of the molecule is CCc1nn(C)c2c1C(C(=O)O)CCC2. The summed E-state index contributed by atoms with van der Waals surface area (Å²) < 4.78 is 1.85. The van der Waals surface area contributed by atoms with Crippen LogP contribution < -0.4 is 0 Å². The van der Waals surface area contributed by atoms with Crippen molar-refractivity contribution in [3.63, 3.8) is 0 Å². The van der Waals surface area contributed by atoms with E-state index in [4.69, 9.17) is 0 Å². The number of carboxylic acids is 1. The maximum atomic E-state index is 11.2. The van der Waals surface area contributed by atoms with Crippen molar-refractivity contribution in [2.45, 2.75) is 38.5 Å². The normalized spacial score (nSPS) is 20.0. The number of carbonyl (C=O) groups is 1. The molecule has 0 aromatic carbocycles. The highest BCUT2D eigenvalue weighted by atomic mass is 16.4. The molecule has 0 amide bonds. The van der Waals surface area contributed by atoms with E-state index in [1.54, 1.807) is 0 Å². The number of aryl methyl sites for hydroxylation is 2. The molecule has 0 fully saturated rings. The Balaban J connectivity index is 2.53. The first-order valence-corrected chi connectivity index (χ1v) is 5.42. The van der Waals surface area contributed by atoms with Gasteiger partial charge in [-0.3, -0.25) is 9.48 Å². The lowest BCUT2D eigenvalue weighted by Gasteiger charge is -2.19. The fourth-order valence-corrected chi connectivity index (χ4v) is 2.46. The smallest absolute Gasteiger partial charge is 0.311 e. The van der Waals surface area contributed by atoms with Gasteiger partial charge in [0.05, 0.1) is 11.6 Å². The number of rotatable bonds is 2. The first kappa shape index (κ1) is 10.2. The summed E-state index contributed by atoms with van der Waals surface area (Å²) in [6.07, 6.45) is 3.48. The van der Waals surface area contributed by atoms with Crippen LogP contribution in [0.4, 0.5) is 0 Å². The van der Waals surface area contributed by atoms with Crippen LogP contribution in [0, 0.1) is 0 Å². The highest BCUT2D eigenvalue weighted by Gasteiger charge is 2.31. The molecule has 82 valence electrons. The number of fused-ring (bicyclic) bond motifs is 1. The third kappa shape index (κ3) is 1.54. The van der Waals surface area contributed by atoms with Crippen molar-refractivity contribution in [2.75, 3.05) is 0 Å². The number of hydrogen-bond donors (Lipinski definition) is 1. The summed E-state index contributed by atoms with van der Waals surface area (Å²) in [6, 6.07) is 0. The quantitative estimate of drug-likeness (QED) is 0.801. The van der Waals surface area contributed by atoms with E-state index in [9.17, 15) is 9.90 Å². The number of hydrogen-bond acceptors (Lipinski definition) is 2. The van der Waals surface area contributed by atoms with Crippen molar-refractivity contribution < 1.29 is 9.90 Å². The zero-order chi connectivity index (χ0) is 11.0. The van der Waals surface area contributed by atoms with Gasteiger partial charge < -0.3 is 5.11 Å². The summed E-state index contributed by atoms with van der Waals surface area (Å²) in [5, 5.41) is 13.6. The summed E-state index contributed by atoms with van der Waals surface area (Å²) in [5.74, 6) is -1.05. The molecule has 0 radical (unpaired) electrons. The first-order valence-electron chi connectivity index (χ1n) is 5.42. The third-order valence-electron chi connectivity index (χ3n) is 3.17. The molecule has 4 heteroatoms. The Hall–Kier alpha value is -1.32. The molecule has 4 nitrogen and oxygen atoms in total. The predicted molar refractivity (Wildman–Crippen MR) is 55.9 cm³/mol. The Morgan fingerprint density at radius 1 is 1.67 bits per heavy atom. The van der Waals surface area contributed by atoms with Crippen LogP contribution in [0.25, 0.3) is 0 Å². The fourth-order valence-electron chi connectivity index (χ4n) is 2.46. The molecule has 1 aliphatic rings. The maximum absolute atomic E-state index is 11.2. The van der Waals surface area contributed by atoms with Crippen LogP contribution in [0.2, 0.25) is 0 Å². The molecule has 1 heterocycles. The molecule has 1 N–H and O–H groups in total. The van der Waals surface area contributed by atoms with E-state index < -0.39 is 5.97 Å². The summed E-state index contributed by atoms with van der Waals surface area (Å²) in [7, 11) is 1.90. The number of aromatic nitrogens is 2. The molecule has 15 heavy (non-hydrogen) atoms. The molecule has 1 atom stereocenters. The second kappa shape index (κ2) is 3.68. The Bertz CT molecular complexity index is 396. The molecule has 0 bridgehead atoms. The van der Waals surface area contributed by atoms with Gasteiger partial charge in [-0.2, -0.15) is 5.10 Å². The Morgan fingerprint density at radius 3 is 3.00 bits per heavy atom. The van der Waals surface area contributed by atoms with E-state index in [0.29, 0.717) is 0 Å². The molecule has 1 aliphatic carbocycles. The monoisotopic (exact) mass is 208 g/mol. The van der Waals surface area contributed by atoms with E-state index in [1.807, 2.05) is 18.7 Å². The summed E-state index contributed by atoms with van der Waals surface area (Å²) in [6.45, 7) is 2.02. The molecule has 0 saturated carbocycles. The first-order chi connectivity index (χ1) is 7.15. The van der Waals surface area contributed by atoms with Crippen molar-refractivity contribution in [1.82, 2.24) is 9.78 Å². The molecule has 0 aliphatic heterocycles. The van der Waals surface area contributed by atoms with Crippen molar-refractivity contribution in [3.8, 4) is 0 Å². The molecule has 1 unspecified atom stereocenters. The highest BCUT2D eigenvalue weighted by Crippen LogP contribution is 2.34. The standard InChI is InChI=1S/C11H16N2O2/c1-3-8-10-7(11(14)15)5-4-6-9(10)13(2)12-8/h7H,3-6H2,1-2H3,(H,14,15). The third-order valence-corrected chi connectivity index (χ3v) is 3.17. The number of nitrogens with zero attached hydrogens (tertiary/aromatic N) is 2. The van der Waals surface area contributed by atoms with E-state index >= 15 is 0 Å². The van der Waals surface area contributed by atoms with Gasteiger partial charge in [0.1, 0.15) is 0 Å². The number of aliphatic carboxylic acids is 1. The van der Waals surface area contributed by atoms with Crippen molar-refractivity contribution in [3.05, 3.63) is 17.0 Å².